The van der Waals surface area contributed by atoms with Crippen molar-refractivity contribution in [3.8, 4) is 0 Å². The molecular formula is C15H14N2O2S. The predicted molar refractivity (Wildman–Crippen MR) is 78.3 cm³/mol. The van der Waals surface area contributed by atoms with E-state index in [1.54, 1.807) is 16.2 Å². The molecule has 0 fully saturated rings. The Kier molecular flexibility index (Phi) is 2.94. The second-order valence-corrected chi connectivity index (χ2v) is 6.06. The molecule has 1 aromatic carbocycles. The van der Waals surface area contributed by atoms with Gasteiger partial charge in [-0.15, -0.1) is 11.3 Å². The van der Waals surface area contributed by atoms with Crippen LogP contribution < -0.4 is 4.90 Å². The molecule has 1 amide bonds. The van der Waals surface area contributed by atoms with Crippen LogP contribution in [0.1, 0.15) is 32.2 Å². The Morgan fingerprint density at radius 3 is 2.50 bits per heavy atom. The highest BCUT2D eigenvalue weighted by atomic mass is 32.1. The first kappa shape index (κ1) is 13.0. The Morgan fingerprint density at radius 1 is 1.15 bits per heavy atom. The summed E-state index contributed by atoms with van der Waals surface area (Å²) >= 11 is 1.54. The molecule has 5 heteroatoms. The molecule has 2 aromatic rings. The number of anilines is 1. The number of carbonyl (C=O) groups is 2. The summed E-state index contributed by atoms with van der Waals surface area (Å²) in [5.74, 6) is -0.865. The van der Waals surface area contributed by atoms with Gasteiger partial charge in [0.1, 0.15) is 0 Å². The third-order valence-electron chi connectivity index (χ3n) is 3.51. The van der Waals surface area contributed by atoms with E-state index in [-0.39, 0.29) is 0 Å². The van der Waals surface area contributed by atoms with Gasteiger partial charge in [-0.3, -0.25) is 14.5 Å². The molecule has 0 aliphatic carbocycles. The summed E-state index contributed by atoms with van der Waals surface area (Å²) in [5, 5.41) is 2.88. The number of aromatic nitrogens is 1. The van der Waals surface area contributed by atoms with Crippen molar-refractivity contribution in [2.75, 3.05) is 4.90 Å². The van der Waals surface area contributed by atoms with Gasteiger partial charge in [-0.1, -0.05) is 12.1 Å². The number of aryl methyl sites for hydroxylation is 3. The van der Waals surface area contributed by atoms with E-state index < -0.39 is 11.7 Å². The highest BCUT2D eigenvalue weighted by Gasteiger charge is 2.38. The first-order valence-electron chi connectivity index (χ1n) is 6.36. The normalized spacial score (nSPS) is 14.1. The topological polar surface area (TPSA) is 50.3 Å². The van der Waals surface area contributed by atoms with Gasteiger partial charge in [-0.05, 0) is 31.9 Å². The van der Waals surface area contributed by atoms with Crippen LogP contribution in [0.3, 0.4) is 0 Å². The lowest BCUT2D eigenvalue weighted by atomic mass is 10.0. The van der Waals surface area contributed by atoms with Crippen LogP contribution in [0.25, 0.3) is 0 Å². The molecule has 2 heterocycles. The minimum absolute atomic E-state index is 0.353. The quantitative estimate of drug-likeness (QED) is 0.798. The molecule has 4 nitrogen and oxygen atoms in total. The van der Waals surface area contributed by atoms with E-state index in [9.17, 15) is 9.59 Å². The molecule has 0 saturated heterocycles. The average molecular weight is 286 g/mol. The van der Waals surface area contributed by atoms with Crippen molar-refractivity contribution in [1.82, 2.24) is 4.98 Å². The molecular weight excluding hydrogens is 272 g/mol. The number of ketones is 1. The maximum atomic E-state index is 12.2. The predicted octanol–water partition coefficient (Wildman–Crippen LogP) is 2.80. The number of Topliss-reactive ketones (excluding diaryl/α,β-unsaturated/α-hetero) is 1. The van der Waals surface area contributed by atoms with Crippen LogP contribution in [-0.4, -0.2) is 16.7 Å². The summed E-state index contributed by atoms with van der Waals surface area (Å²) in [6.45, 7) is 6.06. The Morgan fingerprint density at radius 2 is 1.85 bits per heavy atom. The second-order valence-electron chi connectivity index (χ2n) is 5.00. The number of benzene rings is 1. The number of nitrogens with zero attached hydrogens (tertiary/aromatic N) is 2. The molecule has 0 spiro atoms. The first-order chi connectivity index (χ1) is 9.49. The number of carbonyl (C=O) groups excluding carboxylic acids is 2. The number of amides is 1. The van der Waals surface area contributed by atoms with Crippen molar-refractivity contribution in [2.45, 2.75) is 27.3 Å². The Bertz CT molecular complexity index is 733. The van der Waals surface area contributed by atoms with Gasteiger partial charge >= 0.3 is 0 Å². The smallest absolute Gasteiger partial charge is 0.298 e. The van der Waals surface area contributed by atoms with Gasteiger partial charge in [0.2, 0.25) is 0 Å². The highest BCUT2D eigenvalue weighted by molar-refractivity contribution is 7.09. The molecule has 20 heavy (non-hydrogen) atoms. The van der Waals surface area contributed by atoms with Crippen molar-refractivity contribution in [3.63, 3.8) is 0 Å². The number of hydrogen-bond acceptors (Lipinski definition) is 4. The lowest BCUT2D eigenvalue weighted by molar-refractivity contribution is -0.114. The third kappa shape index (κ3) is 1.86. The summed E-state index contributed by atoms with van der Waals surface area (Å²) < 4.78 is 0. The lowest BCUT2D eigenvalue weighted by Crippen LogP contribution is -2.29. The second kappa shape index (κ2) is 4.52. The van der Waals surface area contributed by atoms with Gasteiger partial charge in [-0.25, -0.2) is 4.98 Å². The highest BCUT2D eigenvalue weighted by Crippen LogP contribution is 2.35. The maximum absolute atomic E-state index is 12.2. The minimum atomic E-state index is -0.456. The van der Waals surface area contributed by atoms with Crippen LogP contribution in [0.4, 0.5) is 5.69 Å². The summed E-state index contributed by atoms with van der Waals surface area (Å²) in [6.07, 6.45) is 0. The average Bonchev–Trinajstić information content (AvgIpc) is 2.92. The molecule has 1 aliphatic heterocycles. The van der Waals surface area contributed by atoms with Crippen molar-refractivity contribution in [3.05, 3.63) is 44.9 Å². The number of rotatable bonds is 2. The summed E-state index contributed by atoms with van der Waals surface area (Å²) in [6, 6.07) is 3.83. The zero-order chi connectivity index (χ0) is 14.4. The van der Waals surface area contributed by atoms with Crippen LogP contribution in [0.2, 0.25) is 0 Å². The Balaban J connectivity index is 2.08. The zero-order valence-electron chi connectivity index (χ0n) is 11.6. The molecule has 0 bridgehead atoms. The molecule has 0 N–H and O–H groups in total. The molecule has 1 aromatic heterocycles. The summed E-state index contributed by atoms with van der Waals surface area (Å²) in [7, 11) is 0. The van der Waals surface area contributed by atoms with E-state index >= 15 is 0 Å². The zero-order valence-corrected chi connectivity index (χ0v) is 12.4. The van der Waals surface area contributed by atoms with Gasteiger partial charge < -0.3 is 0 Å². The standard InChI is InChI=1S/C15H14N2O2S/c1-8-4-5-9(2)13-12(8)14(18)15(19)17(13)6-11-7-20-10(3)16-11/h4-5,7H,6H2,1-3H3. The van der Waals surface area contributed by atoms with E-state index in [2.05, 4.69) is 4.98 Å². The van der Waals surface area contributed by atoms with Crippen molar-refractivity contribution < 1.29 is 9.59 Å². The maximum Gasteiger partial charge on any atom is 0.299 e. The van der Waals surface area contributed by atoms with Gasteiger partial charge in [0, 0.05) is 5.38 Å². The molecule has 0 atom stereocenters. The van der Waals surface area contributed by atoms with E-state index in [4.69, 9.17) is 0 Å². The van der Waals surface area contributed by atoms with Crippen LogP contribution >= 0.6 is 11.3 Å². The summed E-state index contributed by atoms with van der Waals surface area (Å²) in [4.78, 5) is 30.3. The first-order valence-corrected chi connectivity index (χ1v) is 7.24. The number of fused-ring (bicyclic) bond motifs is 1. The number of hydrogen-bond donors (Lipinski definition) is 0. The van der Waals surface area contributed by atoms with Crippen LogP contribution in [0.15, 0.2) is 17.5 Å². The molecule has 0 unspecified atom stereocenters. The molecule has 3 rings (SSSR count). The molecule has 102 valence electrons. The Hall–Kier alpha value is -2.01. The monoisotopic (exact) mass is 286 g/mol. The largest absolute Gasteiger partial charge is 0.299 e. The van der Waals surface area contributed by atoms with E-state index in [0.717, 1.165) is 27.5 Å². The van der Waals surface area contributed by atoms with E-state index in [0.29, 0.717) is 12.1 Å². The minimum Gasteiger partial charge on any atom is -0.298 e. The molecule has 0 radical (unpaired) electrons. The van der Waals surface area contributed by atoms with E-state index in [1.165, 1.54) is 0 Å². The van der Waals surface area contributed by atoms with Crippen molar-refractivity contribution >= 4 is 28.7 Å². The fourth-order valence-electron chi connectivity index (χ4n) is 2.56. The van der Waals surface area contributed by atoms with Gasteiger partial charge in [0.05, 0.1) is 28.5 Å². The van der Waals surface area contributed by atoms with Crippen LogP contribution in [-0.2, 0) is 11.3 Å². The summed E-state index contributed by atoms with van der Waals surface area (Å²) in [5.41, 5.74) is 3.90. The molecule has 0 saturated carbocycles. The number of thiazole rings is 1. The van der Waals surface area contributed by atoms with Crippen LogP contribution in [0.5, 0.6) is 0 Å². The van der Waals surface area contributed by atoms with Gasteiger partial charge in [0.15, 0.2) is 0 Å². The van der Waals surface area contributed by atoms with Crippen molar-refractivity contribution in [1.29, 1.82) is 0 Å². The van der Waals surface area contributed by atoms with Gasteiger partial charge in [-0.2, -0.15) is 0 Å². The van der Waals surface area contributed by atoms with Gasteiger partial charge in [0.25, 0.3) is 11.7 Å². The fourth-order valence-corrected chi connectivity index (χ4v) is 3.16. The Labute approximate surface area is 121 Å². The lowest BCUT2D eigenvalue weighted by Gasteiger charge is -2.17. The SMILES string of the molecule is Cc1nc(CN2C(=O)C(=O)c3c(C)ccc(C)c32)cs1. The molecule has 1 aliphatic rings. The van der Waals surface area contributed by atoms with Crippen molar-refractivity contribution in [2.24, 2.45) is 0 Å². The third-order valence-corrected chi connectivity index (χ3v) is 4.33. The van der Waals surface area contributed by atoms with E-state index in [1.807, 2.05) is 38.3 Å². The fraction of sp³-hybridized carbons (Fsp3) is 0.267. The van der Waals surface area contributed by atoms with Crippen LogP contribution in [0, 0.1) is 20.8 Å².